The molecule has 0 saturated carbocycles. The average molecular weight is 586 g/mol. The number of benzene rings is 3. The van der Waals surface area contributed by atoms with E-state index in [4.69, 9.17) is 15.2 Å². The largest absolute Gasteiger partial charge is 0.482 e. The summed E-state index contributed by atoms with van der Waals surface area (Å²) >= 11 is 0. The van der Waals surface area contributed by atoms with E-state index in [0.717, 1.165) is 27.9 Å². The van der Waals surface area contributed by atoms with Crippen molar-refractivity contribution in [3.8, 4) is 5.75 Å². The summed E-state index contributed by atoms with van der Waals surface area (Å²) in [6.45, 7) is 12.3. The molecule has 0 fully saturated rings. The highest BCUT2D eigenvalue weighted by Gasteiger charge is 2.37. The standard InChI is InChI=1S/C21H20N4O5.C9H11NO.C2H4/c1-2-29-18(26)12-30-14-8-6-13(7-9-14)20-22-21(27)16-5-3-4-15-17(23-24-28)10-11-25(20)19(15)16;1-6-4-3-5-8(7(6)2)9(10)11;1-2/h3-9,20H,2,10-12H2,1H3,(H,22,27);3-5H,1-2H3,(H2,10,11);1-2H2/b23-17+;;. The zero-order valence-corrected chi connectivity index (χ0v) is 24.5. The molecular weight excluding hydrogens is 550 g/mol. The van der Waals surface area contributed by atoms with Crippen molar-refractivity contribution >= 4 is 29.2 Å². The van der Waals surface area contributed by atoms with Crippen LogP contribution in [0.1, 0.15) is 62.5 Å². The van der Waals surface area contributed by atoms with Crippen LogP contribution in [0.15, 0.2) is 84.2 Å². The third-order valence-corrected chi connectivity index (χ3v) is 6.94. The quantitative estimate of drug-likeness (QED) is 0.172. The molecule has 2 aliphatic heterocycles. The lowest BCUT2D eigenvalue weighted by Gasteiger charge is -2.42. The van der Waals surface area contributed by atoms with E-state index in [1.54, 1.807) is 37.3 Å². The number of rotatable bonds is 7. The number of carbonyl (C=O) groups is 3. The van der Waals surface area contributed by atoms with Crippen molar-refractivity contribution in [1.82, 2.24) is 5.32 Å². The van der Waals surface area contributed by atoms with Crippen LogP contribution in [0.4, 0.5) is 5.69 Å². The van der Waals surface area contributed by atoms with Gasteiger partial charge in [-0.05, 0) is 61.7 Å². The van der Waals surface area contributed by atoms with Gasteiger partial charge in [-0.25, -0.2) is 4.79 Å². The summed E-state index contributed by atoms with van der Waals surface area (Å²) in [4.78, 5) is 47.7. The van der Waals surface area contributed by atoms with Crippen molar-refractivity contribution in [2.45, 2.75) is 33.4 Å². The molecule has 3 aromatic carbocycles. The molecule has 5 rings (SSSR count). The first kappa shape index (κ1) is 32.2. The van der Waals surface area contributed by atoms with Gasteiger partial charge in [-0.15, -0.1) is 23.2 Å². The molecule has 3 aromatic rings. The fourth-order valence-corrected chi connectivity index (χ4v) is 4.81. The fraction of sp³-hybridized carbons (Fsp3) is 0.250. The molecule has 0 spiro atoms. The van der Waals surface area contributed by atoms with E-state index in [2.05, 4.69) is 33.8 Å². The lowest BCUT2D eigenvalue weighted by atomic mass is 9.92. The third kappa shape index (κ3) is 7.50. The van der Waals surface area contributed by atoms with Gasteiger partial charge in [0, 0.05) is 24.1 Å². The van der Waals surface area contributed by atoms with Crippen molar-refractivity contribution < 1.29 is 23.9 Å². The van der Waals surface area contributed by atoms with Crippen LogP contribution in [0.2, 0.25) is 0 Å². The van der Waals surface area contributed by atoms with Gasteiger partial charge in [0.05, 0.1) is 28.9 Å². The molecular formula is C32H35N5O6. The molecule has 43 heavy (non-hydrogen) atoms. The van der Waals surface area contributed by atoms with Crippen LogP contribution in [-0.4, -0.2) is 43.3 Å². The smallest absolute Gasteiger partial charge is 0.344 e. The first-order chi connectivity index (χ1) is 20.7. The van der Waals surface area contributed by atoms with Gasteiger partial charge in [-0.1, -0.05) is 36.4 Å². The Balaban J connectivity index is 0.000000327. The lowest BCUT2D eigenvalue weighted by Crippen LogP contribution is -2.49. The highest BCUT2D eigenvalue weighted by molar-refractivity contribution is 6.13. The van der Waals surface area contributed by atoms with Crippen LogP contribution < -0.4 is 20.7 Å². The van der Waals surface area contributed by atoms with Gasteiger partial charge in [0.1, 0.15) is 11.9 Å². The Hall–Kier alpha value is -5.32. The number of nitrogens with zero attached hydrogens (tertiary/aromatic N) is 3. The summed E-state index contributed by atoms with van der Waals surface area (Å²) in [7, 11) is 0. The summed E-state index contributed by atoms with van der Waals surface area (Å²) in [5.41, 5.74) is 11.3. The summed E-state index contributed by atoms with van der Waals surface area (Å²) < 4.78 is 10.3. The molecule has 11 heteroatoms. The van der Waals surface area contributed by atoms with Crippen LogP contribution >= 0.6 is 0 Å². The van der Waals surface area contributed by atoms with E-state index in [0.29, 0.717) is 42.2 Å². The van der Waals surface area contributed by atoms with Crippen molar-refractivity contribution in [3.63, 3.8) is 0 Å². The number of hydrogen-bond donors (Lipinski definition) is 2. The molecule has 2 heterocycles. The van der Waals surface area contributed by atoms with Crippen molar-refractivity contribution in [2.75, 3.05) is 24.7 Å². The van der Waals surface area contributed by atoms with Crippen molar-refractivity contribution in [3.05, 3.63) is 112 Å². The van der Waals surface area contributed by atoms with Gasteiger partial charge in [0.2, 0.25) is 5.91 Å². The summed E-state index contributed by atoms with van der Waals surface area (Å²) in [6.07, 6.45) is 0.158. The number of hydrogen-bond acceptors (Lipinski definition) is 8. The number of carbonyl (C=O) groups excluding carboxylic acids is 3. The predicted octanol–water partition coefficient (Wildman–Crippen LogP) is 4.96. The SMILES string of the molecule is C=C.CCOC(=O)COc1ccc(C2NC(=O)c3cccc4c3N2CC/C4=N\N=O)cc1.Cc1cccc(C(N)=O)c1C. The first-order valence-corrected chi connectivity index (χ1v) is 13.6. The lowest BCUT2D eigenvalue weighted by molar-refractivity contribution is -0.145. The van der Waals surface area contributed by atoms with Gasteiger partial charge < -0.3 is 25.4 Å². The number of aryl methyl sites for hydroxylation is 1. The second-order valence-electron chi connectivity index (χ2n) is 9.42. The van der Waals surface area contributed by atoms with E-state index in [9.17, 15) is 19.3 Å². The Bertz CT molecular complexity index is 1520. The van der Waals surface area contributed by atoms with E-state index >= 15 is 0 Å². The molecule has 2 aliphatic rings. The maximum Gasteiger partial charge on any atom is 0.344 e. The predicted molar refractivity (Wildman–Crippen MR) is 165 cm³/mol. The zero-order valence-electron chi connectivity index (χ0n) is 24.5. The number of amides is 2. The molecule has 0 aliphatic carbocycles. The topological polar surface area (TPSA) is 153 Å². The number of nitroso groups, excluding NO2 is 1. The Morgan fingerprint density at radius 1 is 1.05 bits per heavy atom. The minimum atomic E-state index is -0.430. The van der Waals surface area contributed by atoms with Crippen molar-refractivity contribution in [1.29, 1.82) is 0 Å². The van der Waals surface area contributed by atoms with Gasteiger partial charge in [0.15, 0.2) is 6.61 Å². The highest BCUT2D eigenvalue weighted by atomic mass is 16.6. The van der Waals surface area contributed by atoms with Crippen molar-refractivity contribution in [2.24, 2.45) is 16.1 Å². The van der Waals surface area contributed by atoms with Gasteiger partial charge in [-0.2, -0.15) is 0 Å². The Kier molecular flexibility index (Phi) is 11.3. The number of para-hydroxylation sites is 1. The Morgan fingerprint density at radius 3 is 2.35 bits per heavy atom. The average Bonchev–Trinajstić information content (AvgIpc) is 3.02. The number of nitrogens with two attached hydrogens (primary N) is 1. The van der Waals surface area contributed by atoms with E-state index in [-0.39, 0.29) is 24.6 Å². The second-order valence-corrected chi connectivity index (χ2v) is 9.42. The fourth-order valence-electron chi connectivity index (χ4n) is 4.81. The number of ether oxygens (including phenoxy) is 2. The van der Waals surface area contributed by atoms with E-state index in [1.807, 2.05) is 44.2 Å². The number of primary amides is 1. The van der Waals surface area contributed by atoms with Crippen LogP contribution in [-0.2, 0) is 9.53 Å². The van der Waals surface area contributed by atoms with Gasteiger partial charge in [-0.3, -0.25) is 9.59 Å². The molecule has 11 nitrogen and oxygen atoms in total. The maximum atomic E-state index is 12.7. The molecule has 0 radical (unpaired) electrons. The third-order valence-electron chi connectivity index (χ3n) is 6.94. The number of nitrogens with one attached hydrogen (secondary N) is 1. The molecule has 224 valence electrons. The molecule has 0 aromatic heterocycles. The molecule has 0 saturated heterocycles. The van der Waals surface area contributed by atoms with E-state index < -0.39 is 5.97 Å². The second kappa shape index (κ2) is 15.1. The zero-order chi connectivity index (χ0) is 31.5. The molecule has 2 amide bonds. The summed E-state index contributed by atoms with van der Waals surface area (Å²) in [6, 6.07) is 18.1. The van der Waals surface area contributed by atoms with Gasteiger partial charge in [0.25, 0.3) is 5.91 Å². The van der Waals surface area contributed by atoms with Crippen LogP contribution in [0, 0.1) is 18.8 Å². The monoisotopic (exact) mass is 585 g/mol. The minimum Gasteiger partial charge on any atom is -0.482 e. The minimum absolute atomic E-state index is 0.164. The molecule has 3 N–H and O–H groups in total. The number of esters is 1. The van der Waals surface area contributed by atoms with Gasteiger partial charge >= 0.3 is 5.97 Å². The summed E-state index contributed by atoms with van der Waals surface area (Å²) in [5, 5.41) is 9.42. The summed E-state index contributed by atoms with van der Waals surface area (Å²) in [5.74, 6) is -0.455. The highest BCUT2D eigenvalue weighted by Crippen LogP contribution is 2.39. The Labute approximate surface area is 250 Å². The molecule has 1 unspecified atom stereocenters. The van der Waals surface area contributed by atoms with E-state index in [1.165, 1.54) is 0 Å². The molecule has 1 atom stereocenters. The normalized spacial score (nSPS) is 15.4. The maximum absolute atomic E-state index is 12.7. The first-order valence-electron chi connectivity index (χ1n) is 13.6. The van der Waals surface area contributed by atoms with Crippen LogP contribution in [0.3, 0.4) is 0 Å². The Morgan fingerprint density at radius 2 is 1.72 bits per heavy atom. The van der Waals surface area contributed by atoms with Crippen LogP contribution in [0.25, 0.3) is 0 Å². The number of anilines is 1. The molecule has 0 bridgehead atoms. The van der Waals surface area contributed by atoms with Crippen LogP contribution in [0.5, 0.6) is 5.75 Å².